The third-order valence-electron chi connectivity index (χ3n) is 2.67. The van der Waals surface area contributed by atoms with Crippen LogP contribution in [0.2, 0.25) is 0 Å². The van der Waals surface area contributed by atoms with Crippen LogP contribution in [0.1, 0.15) is 25.8 Å². The quantitative estimate of drug-likeness (QED) is 0.816. The number of Topliss-reactive ketones (excluding diaryl/α,β-unsaturated/α-hetero) is 1. The van der Waals surface area contributed by atoms with Crippen LogP contribution in [0.25, 0.3) is 0 Å². The van der Waals surface area contributed by atoms with Crippen LogP contribution in [-0.4, -0.2) is 18.2 Å². The number of aryl methyl sites for hydroxylation is 1. The SMILES string of the molecule is CC(=O)CNC(=O)[C@@H](C)CCc1ccccc1. The zero-order valence-electron chi connectivity index (χ0n) is 10.4. The summed E-state index contributed by atoms with van der Waals surface area (Å²) in [4.78, 5) is 22.3. The van der Waals surface area contributed by atoms with Crippen LogP contribution in [0.4, 0.5) is 0 Å². The van der Waals surface area contributed by atoms with Crippen LogP contribution in [0.5, 0.6) is 0 Å². The van der Waals surface area contributed by atoms with E-state index in [1.54, 1.807) is 0 Å². The van der Waals surface area contributed by atoms with E-state index in [1.165, 1.54) is 12.5 Å². The highest BCUT2D eigenvalue weighted by Gasteiger charge is 2.12. The first-order valence-corrected chi connectivity index (χ1v) is 5.90. The molecular weight excluding hydrogens is 214 g/mol. The minimum Gasteiger partial charge on any atom is -0.349 e. The van der Waals surface area contributed by atoms with E-state index >= 15 is 0 Å². The fourth-order valence-electron chi connectivity index (χ4n) is 1.54. The average Bonchev–Trinajstić information content (AvgIpc) is 2.34. The predicted octanol–water partition coefficient (Wildman–Crippen LogP) is 1.96. The van der Waals surface area contributed by atoms with E-state index in [2.05, 4.69) is 17.4 Å². The van der Waals surface area contributed by atoms with E-state index in [1.807, 2.05) is 25.1 Å². The molecule has 17 heavy (non-hydrogen) atoms. The second kappa shape index (κ2) is 6.84. The maximum absolute atomic E-state index is 11.6. The van der Waals surface area contributed by atoms with E-state index in [-0.39, 0.29) is 24.2 Å². The molecule has 0 radical (unpaired) electrons. The van der Waals surface area contributed by atoms with Crippen molar-refractivity contribution in [2.75, 3.05) is 6.54 Å². The van der Waals surface area contributed by atoms with Crippen molar-refractivity contribution in [3.05, 3.63) is 35.9 Å². The lowest BCUT2D eigenvalue weighted by Crippen LogP contribution is -2.32. The molecule has 3 nitrogen and oxygen atoms in total. The molecule has 0 aliphatic carbocycles. The van der Waals surface area contributed by atoms with Crippen molar-refractivity contribution < 1.29 is 9.59 Å². The first-order valence-electron chi connectivity index (χ1n) is 5.90. The number of nitrogens with one attached hydrogen (secondary N) is 1. The van der Waals surface area contributed by atoms with Crippen molar-refractivity contribution in [3.63, 3.8) is 0 Å². The molecule has 0 heterocycles. The summed E-state index contributed by atoms with van der Waals surface area (Å²) in [5, 5.41) is 2.63. The Hall–Kier alpha value is -1.64. The predicted molar refractivity (Wildman–Crippen MR) is 67.6 cm³/mol. The molecule has 1 rings (SSSR count). The number of amides is 1. The molecule has 0 aromatic heterocycles. The van der Waals surface area contributed by atoms with Crippen LogP contribution in [0, 0.1) is 5.92 Å². The Kier molecular flexibility index (Phi) is 5.40. The summed E-state index contributed by atoms with van der Waals surface area (Å²) in [6.07, 6.45) is 1.68. The van der Waals surface area contributed by atoms with Crippen molar-refractivity contribution in [1.29, 1.82) is 0 Å². The van der Waals surface area contributed by atoms with Gasteiger partial charge in [0.05, 0.1) is 6.54 Å². The molecule has 1 aromatic carbocycles. The number of hydrogen-bond donors (Lipinski definition) is 1. The summed E-state index contributed by atoms with van der Waals surface area (Å²) in [7, 11) is 0. The summed E-state index contributed by atoms with van der Waals surface area (Å²) in [5.74, 6) is -0.126. The molecule has 0 aliphatic heterocycles. The first kappa shape index (κ1) is 13.4. The largest absolute Gasteiger partial charge is 0.349 e. The van der Waals surface area contributed by atoms with Gasteiger partial charge in [-0.2, -0.15) is 0 Å². The highest BCUT2D eigenvalue weighted by molar-refractivity contribution is 5.85. The molecule has 1 amide bonds. The molecule has 1 N–H and O–H groups in total. The maximum atomic E-state index is 11.6. The topological polar surface area (TPSA) is 46.2 Å². The van der Waals surface area contributed by atoms with Crippen LogP contribution < -0.4 is 5.32 Å². The van der Waals surface area contributed by atoms with Gasteiger partial charge in [-0.05, 0) is 25.3 Å². The van der Waals surface area contributed by atoms with Crippen LogP contribution >= 0.6 is 0 Å². The summed E-state index contributed by atoms with van der Waals surface area (Å²) in [5.41, 5.74) is 1.23. The third-order valence-corrected chi connectivity index (χ3v) is 2.67. The lowest BCUT2D eigenvalue weighted by molar-refractivity contribution is -0.127. The minimum atomic E-state index is -0.0606. The summed E-state index contributed by atoms with van der Waals surface area (Å²) in [6, 6.07) is 10.1. The molecule has 0 fully saturated rings. The molecule has 1 atom stereocenters. The first-order chi connectivity index (χ1) is 8.09. The lowest BCUT2D eigenvalue weighted by atomic mass is 10.0. The van der Waals surface area contributed by atoms with Gasteiger partial charge in [0.2, 0.25) is 5.91 Å². The summed E-state index contributed by atoms with van der Waals surface area (Å²) in [6.45, 7) is 3.49. The molecule has 3 heteroatoms. The Labute approximate surface area is 102 Å². The molecule has 0 saturated carbocycles. The van der Waals surface area contributed by atoms with Gasteiger partial charge in [0.15, 0.2) is 0 Å². The second-order valence-electron chi connectivity index (χ2n) is 4.35. The standard InChI is InChI=1S/C14H19NO2/c1-11(14(17)15-10-12(2)16)8-9-13-6-4-3-5-7-13/h3-7,11H,8-10H2,1-2H3,(H,15,17)/t11-/m0/s1. The Bertz CT molecular complexity index is 373. The fourth-order valence-corrected chi connectivity index (χ4v) is 1.54. The van der Waals surface area contributed by atoms with E-state index in [4.69, 9.17) is 0 Å². The van der Waals surface area contributed by atoms with E-state index in [9.17, 15) is 9.59 Å². The molecule has 0 saturated heterocycles. The fraction of sp³-hybridized carbons (Fsp3) is 0.429. The Morgan fingerprint density at radius 3 is 2.47 bits per heavy atom. The summed E-state index contributed by atoms with van der Waals surface area (Å²) < 4.78 is 0. The maximum Gasteiger partial charge on any atom is 0.223 e. The van der Waals surface area contributed by atoms with Gasteiger partial charge in [0, 0.05) is 5.92 Å². The van der Waals surface area contributed by atoms with Gasteiger partial charge in [-0.3, -0.25) is 9.59 Å². The van der Waals surface area contributed by atoms with Crippen LogP contribution in [-0.2, 0) is 16.0 Å². The van der Waals surface area contributed by atoms with Gasteiger partial charge < -0.3 is 5.32 Å². The lowest BCUT2D eigenvalue weighted by Gasteiger charge is -2.11. The van der Waals surface area contributed by atoms with Gasteiger partial charge in [0.25, 0.3) is 0 Å². The van der Waals surface area contributed by atoms with Crippen LogP contribution in [0.3, 0.4) is 0 Å². The van der Waals surface area contributed by atoms with Crippen LogP contribution in [0.15, 0.2) is 30.3 Å². The van der Waals surface area contributed by atoms with Crippen molar-refractivity contribution >= 4 is 11.7 Å². The number of carbonyl (C=O) groups is 2. The van der Waals surface area contributed by atoms with E-state index in [0.717, 1.165) is 12.8 Å². The molecule has 0 unspecified atom stereocenters. The number of rotatable bonds is 6. The van der Waals surface area contributed by atoms with Gasteiger partial charge in [-0.25, -0.2) is 0 Å². The molecule has 0 bridgehead atoms. The minimum absolute atomic E-state index is 0.0198. The van der Waals surface area contributed by atoms with Crippen molar-refractivity contribution in [1.82, 2.24) is 5.32 Å². The van der Waals surface area contributed by atoms with Crippen molar-refractivity contribution in [2.24, 2.45) is 5.92 Å². The normalized spacial score (nSPS) is 11.9. The Morgan fingerprint density at radius 2 is 1.88 bits per heavy atom. The van der Waals surface area contributed by atoms with Gasteiger partial charge in [0.1, 0.15) is 5.78 Å². The molecule has 0 spiro atoms. The number of ketones is 1. The van der Waals surface area contributed by atoms with Gasteiger partial charge in [-0.1, -0.05) is 37.3 Å². The summed E-state index contributed by atoms with van der Waals surface area (Å²) >= 11 is 0. The monoisotopic (exact) mass is 233 g/mol. The highest BCUT2D eigenvalue weighted by Crippen LogP contribution is 2.09. The van der Waals surface area contributed by atoms with Crippen molar-refractivity contribution in [3.8, 4) is 0 Å². The zero-order chi connectivity index (χ0) is 12.7. The van der Waals surface area contributed by atoms with E-state index < -0.39 is 0 Å². The second-order valence-corrected chi connectivity index (χ2v) is 4.35. The van der Waals surface area contributed by atoms with Gasteiger partial charge >= 0.3 is 0 Å². The zero-order valence-corrected chi connectivity index (χ0v) is 10.4. The third kappa shape index (κ3) is 5.29. The van der Waals surface area contributed by atoms with E-state index in [0.29, 0.717) is 0 Å². The average molecular weight is 233 g/mol. The molecule has 1 aromatic rings. The highest BCUT2D eigenvalue weighted by atomic mass is 16.2. The Morgan fingerprint density at radius 1 is 1.24 bits per heavy atom. The number of hydrogen-bond acceptors (Lipinski definition) is 2. The molecule has 92 valence electrons. The smallest absolute Gasteiger partial charge is 0.223 e. The number of carbonyl (C=O) groups excluding carboxylic acids is 2. The number of benzene rings is 1. The van der Waals surface area contributed by atoms with Gasteiger partial charge in [-0.15, -0.1) is 0 Å². The molecule has 0 aliphatic rings. The Balaban J connectivity index is 2.31. The van der Waals surface area contributed by atoms with Crippen molar-refractivity contribution in [2.45, 2.75) is 26.7 Å². The molecular formula is C14H19NO2.